The lowest BCUT2D eigenvalue weighted by Gasteiger charge is -2.28. The van der Waals surface area contributed by atoms with Gasteiger partial charge in [-0.2, -0.15) is 0 Å². The van der Waals surface area contributed by atoms with Crippen molar-refractivity contribution in [3.05, 3.63) is 35.9 Å². The number of carbonyl (C=O) groups excluding carboxylic acids is 1. The van der Waals surface area contributed by atoms with Crippen LogP contribution in [0.3, 0.4) is 0 Å². The smallest absolute Gasteiger partial charge is 0.246 e. The van der Waals surface area contributed by atoms with Gasteiger partial charge < -0.3 is 15.8 Å². The highest BCUT2D eigenvalue weighted by Gasteiger charge is 2.22. The van der Waals surface area contributed by atoms with Crippen molar-refractivity contribution in [1.82, 2.24) is 5.32 Å². The molecule has 2 atom stereocenters. The summed E-state index contributed by atoms with van der Waals surface area (Å²) in [6.45, 7) is 0.644. The number of hydrogen-bond donors (Lipinski definition) is 2. The molecule has 2 rings (SSSR count). The van der Waals surface area contributed by atoms with E-state index in [0.717, 1.165) is 24.8 Å². The summed E-state index contributed by atoms with van der Waals surface area (Å²) in [6.07, 6.45) is 4.31. The zero-order valence-corrected chi connectivity index (χ0v) is 11.2. The molecule has 1 fully saturated rings. The van der Waals surface area contributed by atoms with Gasteiger partial charge in [-0.25, -0.2) is 0 Å². The minimum atomic E-state index is -0.0818. The Kier molecular flexibility index (Phi) is 5.36. The summed E-state index contributed by atoms with van der Waals surface area (Å²) in [5.74, 6) is -0.0818. The monoisotopic (exact) mass is 262 g/mol. The molecule has 3 N–H and O–H groups in total. The lowest BCUT2D eigenvalue weighted by Crippen LogP contribution is -2.41. The average molecular weight is 262 g/mol. The molecule has 4 heteroatoms. The van der Waals surface area contributed by atoms with E-state index in [-0.39, 0.29) is 24.7 Å². The molecule has 1 aliphatic carbocycles. The number of nitrogens with two attached hydrogens (primary N) is 1. The number of ether oxygens (including phenoxy) is 1. The maximum Gasteiger partial charge on any atom is 0.246 e. The fourth-order valence-electron chi connectivity index (χ4n) is 2.36. The second kappa shape index (κ2) is 7.26. The molecule has 0 saturated heterocycles. The molecule has 0 radical (unpaired) electrons. The molecule has 104 valence electrons. The third-order valence-corrected chi connectivity index (χ3v) is 3.51. The van der Waals surface area contributed by atoms with Gasteiger partial charge in [-0.3, -0.25) is 4.79 Å². The van der Waals surface area contributed by atoms with Crippen LogP contribution >= 0.6 is 0 Å². The van der Waals surface area contributed by atoms with Crippen molar-refractivity contribution in [2.75, 3.05) is 6.61 Å². The van der Waals surface area contributed by atoms with Gasteiger partial charge in [-0.05, 0) is 18.4 Å². The SMILES string of the molecule is NC1CCCCC1OCC(=O)NCc1ccccc1. The van der Waals surface area contributed by atoms with Crippen LogP contribution in [-0.4, -0.2) is 24.7 Å². The van der Waals surface area contributed by atoms with Gasteiger partial charge in [0, 0.05) is 12.6 Å². The molecule has 4 nitrogen and oxygen atoms in total. The lowest BCUT2D eigenvalue weighted by molar-refractivity contribution is -0.128. The lowest BCUT2D eigenvalue weighted by atomic mass is 9.93. The third kappa shape index (κ3) is 4.65. The van der Waals surface area contributed by atoms with Crippen LogP contribution in [0.4, 0.5) is 0 Å². The van der Waals surface area contributed by atoms with Gasteiger partial charge in [-0.1, -0.05) is 43.2 Å². The Labute approximate surface area is 114 Å². The Morgan fingerprint density at radius 1 is 1.26 bits per heavy atom. The van der Waals surface area contributed by atoms with Crippen molar-refractivity contribution >= 4 is 5.91 Å². The Bertz CT molecular complexity index is 394. The van der Waals surface area contributed by atoms with Gasteiger partial charge in [0.25, 0.3) is 0 Å². The van der Waals surface area contributed by atoms with E-state index in [0.29, 0.717) is 6.54 Å². The molecule has 1 saturated carbocycles. The first kappa shape index (κ1) is 14.0. The highest BCUT2D eigenvalue weighted by molar-refractivity contribution is 5.77. The zero-order valence-electron chi connectivity index (χ0n) is 11.2. The normalized spacial score (nSPS) is 23.0. The first-order valence-corrected chi connectivity index (χ1v) is 6.93. The standard InChI is InChI=1S/C15H22N2O2/c16-13-8-4-5-9-14(13)19-11-15(18)17-10-12-6-2-1-3-7-12/h1-3,6-7,13-14H,4-5,8-11,16H2,(H,17,18). The predicted molar refractivity (Wildman–Crippen MR) is 74.5 cm³/mol. The maximum atomic E-state index is 11.7. The summed E-state index contributed by atoms with van der Waals surface area (Å²) >= 11 is 0. The van der Waals surface area contributed by atoms with Crippen LogP contribution in [0.25, 0.3) is 0 Å². The molecule has 1 aliphatic rings. The minimum absolute atomic E-state index is 0.0382. The summed E-state index contributed by atoms with van der Waals surface area (Å²) in [6, 6.07) is 9.92. The van der Waals surface area contributed by atoms with Crippen molar-refractivity contribution in [3.8, 4) is 0 Å². The Morgan fingerprint density at radius 2 is 2.00 bits per heavy atom. The van der Waals surface area contributed by atoms with Crippen LogP contribution in [0.2, 0.25) is 0 Å². The van der Waals surface area contributed by atoms with E-state index in [2.05, 4.69) is 5.32 Å². The molecule has 0 heterocycles. The molecule has 1 amide bonds. The van der Waals surface area contributed by atoms with Crippen LogP contribution in [0, 0.1) is 0 Å². The van der Waals surface area contributed by atoms with Gasteiger partial charge in [0.05, 0.1) is 6.10 Å². The second-order valence-electron chi connectivity index (χ2n) is 5.06. The molecular formula is C15H22N2O2. The Hall–Kier alpha value is -1.39. The van der Waals surface area contributed by atoms with Crippen molar-refractivity contribution < 1.29 is 9.53 Å². The van der Waals surface area contributed by atoms with Crippen molar-refractivity contribution in [1.29, 1.82) is 0 Å². The van der Waals surface area contributed by atoms with E-state index in [1.807, 2.05) is 30.3 Å². The number of benzene rings is 1. The van der Waals surface area contributed by atoms with E-state index in [4.69, 9.17) is 10.5 Å². The van der Waals surface area contributed by atoms with E-state index in [9.17, 15) is 4.79 Å². The predicted octanol–water partition coefficient (Wildman–Crippen LogP) is 1.59. The van der Waals surface area contributed by atoms with Gasteiger partial charge in [0.2, 0.25) is 5.91 Å². The summed E-state index contributed by atoms with van der Waals surface area (Å²) in [5.41, 5.74) is 7.06. The van der Waals surface area contributed by atoms with Gasteiger partial charge in [-0.15, -0.1) is 0 Å². The van der Waals surface area contributed by atoms with Crippen molar-refractivity contribution in [3.63, 3.8) is 0 Å². The molecule has 1 aromatic carbocycles. The highest BCUT2D eigenvalue weighted by atomic mass is 16.5. The topological polar surface area (TPSA) is 64.3 Å². The molecule has 0 bridgehead atoms. The molecule has 0 aromatic heterocycles. The quantitative estimate of drug-likeness (QED) is 0.847. The van der Waals surface area contributed by atoms with Crippen LogP contribution in [0.5, 0.6) is 0 Å². The molecule has 0 spiro atoms. The highest BCUT2D eigenvalue weighted by Crippen LogP contribution is 2.19. The van der Waals surface area contributed by atoms with E-state index < -0.39 is 0 Å². The van der Waals surface area contributed by atoms with E-state index >= 15 is 0 Å². The summed E-state index contributed by atoms with van der Waals surface area (Å²) in [4.78, 5) is 11.7. The third-order valence-electron chi connectivity index (χ3n) is 3.51. The van der Waals surface area contributed by atoms with Gasteiger partial charge in [0.15, 0.2) is 0 Å². The van der Waals surface area contributed by atoms with E-state index in [1.54, 1.807) is 0 Å². The molecule has 19 heavy (non-hydrogen) atoms. The van der Waals surface area contributed by atoms with Crippen LogP contribution in [-0.2, 0) is 16.1 Å². The second-order valence-corrected chi connectivity index (χ2v) is 5.06. The number of carbonyl (C=O) groups is 1. The van der Waals surface area contributed by atoms with Crippen molar-refractivity contribution in [2.24, 2.45) is 5.73 Å². The molecular weight excluding hydrogens is 240 g/mol. The largest absolute Gasteiger partial charge is 0.367 e. The van der Waals surface area contributed by atoms with Crippen molar-refractivity contribution in [2.45, 2.75) is 44.4 Å². The zero-order chi connectivity index (χ0) is 13.5. The fourth-order valence-corrected chi connectivity index (χ4v) is 2.36. The van der Waals surface area contributed by atoms with Crippen LogP contribution in [0.15, 0.2) is 30.3 Å². The summed E-state index contributed by atoms with van der Waals surface area (Å²) in [5, 5.41) is 2.85. The Morgan fingerprint density at radius 3 is 2.74 bits per heavy atom. The van der Waals surface area contributed by atoms with Crippen LogP contribution < -0.4 is 11.1 Å². The summed E-state index contributed by atoms with van der Waals surface area (Å²) in [7, 11) is 0. The number of nitrogens with one attached hydrogen (secondary N) is 1. The fraction of sp³-hybridized carbons (Fsp3) is 0.533. The minimum Gasteiger partial charge on any atom is -0.367 e. The Balaban J connectivity index is 1.67. The number of amides is 1. The molecule has 0 aliphatic heterocycles. The first-order valence-electron chi connectivity index (χ1n) is 6.93. The number of rotatable bonds is 5. The van der Waals surface area contributed by atoms with Gasteiger partial charge >= 0.3 is 0 Å². The number of hydrogen-bond acceptors (Lipinski definition) is 3. The van der Waals surface area contributed by atoms with E-state index in [1.165, 1.54) is 6.42 Å². The first-order chi connectivity index (χ1) is 9.25. The molecule has 1 aromatic rings. The maximum absolute atomic E-state index is 11.7. The molecule has 2 unspecified atom stereocenters. The summed E-state index contributed by atoms with van der Waals surface area (Å²) < 4.78 is 5.61. The average Bonchev–Trinajstić information content (AvgIpc) is 2.45. The van der Waals surface area contributed by atoms with Gasteiger partial charge in [0.1, 0.15) is 6.61 Å². The van der Waals surface area contributed by atoms with Crippen LogP contribution in [0.1, 0.15) is 31.2 Å².